The molecule has 5 heteroatoms. The van der Waals surface area contributed by atoms with Crippen LogP contribution in [-0.4, -0.2) is 19.3 Å². The highest BCUT2D eigenvalue weighted by molar-refractivity contribution is 6.09. The Morgan fingerprint density at radius 2 is 1.63 bits per heavy atom. The first kappa shape index (κ1) is 34.8. The second-order valence-corrected chi connectivity index (χ2v) is 15.7. The highest BCUT2D eigenvalue weighted by Crippen LogP contribution is 2.43. The van der Waals surface area contributed by atoms with Crippen LogP contribution in [0.5, 0.6) is 11.5 Å². The standard InChI is InChI=1S/C46H54N4O/c1-9-15-39-45(44-30(4)17-14-18-31(44)5)41(16-10-2)50(48-39)34-26-33(46(6,7)8)27-36(28-34)51-35-21-22-38-37-19-12-13-20-40(37)49(42(38)29-35)43-25-32(11-3)23-24-47-43/h12-13,17,19-29,31,44H,9-11,14-16,18H2,1-8H3/t31?,44-/m0/s1. The van der Waals surface area contributed by atoms with Crippen molar-refractivity contribution < 1.29 is 4.74 Å². The second-order valence-electron chi connectivity index (χ2n) is 15.7. The van der Waals surface area contributed by atoms with Crippen LogP contribution in [0.25, 0.3) is 33.3 Å². The lowest BCUT2D eigenvalue weighted by atomic mass is 9.74. The zero-order valence-electron chi connectivity index (χ0n) is 31.9. The lowest BCUT2D eigenvalue weighted by Crippen LogP contribution is -2.18. The van der Waals surface area contributed by atoms with Crippen molar-refractivity contribution in [3.8, 4) is 23.0 Å². The second kappa shape index (κ2) is 14.2. The zero-order chi connectivity index (χ0) is 35.9. The fourth-order valence-electron chi connectivity index (χ4n) is 8.21. The van der Waals surface area contributed by atoms with E-state index >= 15 is 0 Å². The summed E-state index contributed by atoms with van der Waals surface area (Å²) in [6, 6.07) is 26.1. The lowest BCUT2D eigenvalue weighted by Gasteiger charge is -2.30. The number of pyridine rings is 1. The molecule has 0 spiro atoms. The van der Waals surface area contributed by atoms with E-state index in [0.29, 0.717) is 11.8 Å². The number of rotatable bonds is 10. The maximum absolute atomic E-state index is 6.87. The van der Waals surface area contributed by atoms with Crippen molar-refractivity contribution in [3.05, 3.63) is 119 Å². The number of hydrogen-bond donors (Lipinski definition) is 0. The molecule has 7 rings (SSSR count). The van der Waals surface area contributed by atoms with Gasteiger partial charge in [0.2, 0.25) is 0 Å². The van der Waals surface area contributed by atoms with Crippen molar-refractivity contribution in [2.45, 2.75) is 112 Å². The third-order valence-corrected chi connectivity index (χ3v) is 10.9. The van der Waals surface area contributed by atoms with Crippen LogP contribution in [0.15, 0.2) is 90.6 Å². The van der Waals surface area contributed by atoms with E-state index in [0.717, 1.165) is 66.1 Å². The Kier molecular flexibility index (Phi) is 9.67. The topological polar surface area (TPSA) is 44.9 Å². The molecule has 0 saturated carbocycles. The molecule has 0 fully saturated rings. The fourth-order valence-corrected chi connectivity index (χ4v) is 8.21. The number of aryl methyl sites for hydroxylation is 2. The Labute approximate surface area is 304 Å². The summed E-state index contributed by atoms with van der Waals surface area (Å²) in [7, 11) is 0. The SMILES string of the molecule is CCCc1nn(-c2cc(Oc3ccc4c5ccccc5n(-c5cc(CC)ccn5)c4c3)cc(C(C)(C)C)c2)c(CCC)c1[C@H]1C(C)=CCCC1C. The third-order valence-electron chi connectivity index (χ3n) is 10.9. The average Bonchev–Trinajstić information content (AvgIpc) is 3.63. The molecule has 0 aliphatic heterocycles. The third kappa shape index (κ3) is 6.64. The van der Waals surface area contributed by atoms with Crippen molar-refractivity contribution in [3.63, 3.8) is 0 Å². The summed E-state index contributed by atoms with van der Waals surface area (Å²) in [4.78, 5) is 4.82. The molecular weight excluding hydrogens is 625 g/mol. The molecule has 6 aromatic rings. The van der Waals surface area contributed by atoms with Crippen LogP contribution in [0, 0.1) is 5.92 Å². The molecule has 3 aromatic carbocycles. The first-order chi connectivity index (χ1) is 24.6. The number of hydrogen-bond acceptors (Lipinski definition) is 3. The Morgan fingerprint density at radius 1 is 0.843 bits per heavy atom. The lowest BCUT2D eigenvalue weighted by molar-refractivity contribution is 0.445. The first-order valence-corrected chi connectivity index (χ1v) is 19.2. The molecule has 0 radical (unpaired) electrons. The predicted molar refractivity (Wildman–Crippen MR) is 213 cm³/mol. The van der Waals surface area contributed by atoms with Crippen LogP contribution in [0.3, 0.4) is 0 Å². The average molecular weight is 679 g/mol. The molecule has 1 aliphatic rings. The molecule has 0 bridgehead atoms. The van der Waals surface area contributed by atoms with Crippen molar-refractivity contribution in [2.75, 3.05) is 0 Å². The Hall–Kier alpha value is -4.64. The van der Waals surface area contributed by atoms with Gasteiger partial charge in [-0.1, -0.05) is 91.2 Å². The van der Waals surface area contributed by atoms with Gasteiger partial charge in [-0.3, -0.25) is 4.57 Å². The number of benzene rings is 3. The van der Waals surface area contributed by atoms with E-state index < -0.39 is 0 Å². The summed E-state index contributed by atoms with van der Waals surface area (Å²) in [5.41, 5.74) is 11.3. The minimum atomic E-state index is -0.0785. The van der Waals surface area contributed by atoms with Crippen molar-refractivity contribution >= 4 is 21.8 Å². The summed E-state index contributed by atoms with van der Waals surface area (Å²) in [6.07, 6.45) is 11.9. The molecule has 5 nitrogen and oxygen atoms in total. The number of allylic oxidation sites excluding steroid dienone is 2. The number of aromatic nitrogens is 4. The maximum Gasteiger partial charge on any atom is 0.137 e. The fraction of sp³-hybridized carbons (Fsp3) is 0.391. The summed E-state index contributed by atoms with van der Waals surface area (Å²) < 4.78 is 11.4. The largest absolute Gasteiger partial charge is 0.457 e. The van der Waals surface area contributed by atoms with Crippen molar-refractivity contribution in [2.24, 2.45) is 5.92 Å². The van der Waals surface area contributed by atoms with E-state index in [-0.39, 0.29) is 5.41 Å². The van der Waals surface area contributed by atoms with Crippen LogP contribution < -0.4 is 4.74 Å². The monoisotopic (exact) mass is 678 g/mol. The van der Waals surface area contributed by atoms with Gasteiger partial charge in [-0.25, -0.2) is 9.67 Å². The van der Waals surface area contributed by atoms with Gasteiger partial charge in [0.05, 0.1) is 22.4 Å². The molecule has 0 amide bonds. The number of nitrogens with zero attached hydrogens (tertiary/aromatic N) is 4. The quantitative estimate of drug-likeness (QED) is 0.135. The molecule has 3 heterocycles. The normalized spacial score (nSPS) is 16.6. The first-order valence-electron chi connectivity index (χ1n) is 19.2. The van der Waals surface area contributed by atoms with E-state index in [2.05, 4.69) is 144 Å². The summed E-state index contributed by atoms with van der Waals surface area (Å²) in [5, 5.41) is 7.84. The molecule has 0 saturated heterocycles. The van der Waals surface area contributed by atoms with Crippen LogP contribution in [0.4, 0.5) is 0 Å². The van der Waals surface area contributed by atoms with Crippen LogP contribution in [0.1, 0.15) is 115 Å². The van der Waals surface area contributed by atoms with E-state index in [1.54, 1.807) is 0 Å². The molecule has 1 unspecified atom stereocenters. The predicted octanol–water partition coefficient (Wildman–Crippen LogP) is 12.4. The number of ether oxygens (including phenoxy) is 1. The van der Waals surface area contributed by atoms with Gasteiger partial charge >= 0.3 is 0 Å². The minimum Gasteiger partial charge on any atom is -0.457 e. The van der Waals surface area contributed by atoms with Gasteiger partial charge in [-0.2, -0.15) is 5.10 Å². The van der Waals surface area contributed by atoms with Gasteiger partial charge in [0, 0.05) is 46.3 Å². The summed E-state index contributed by atoms with van der Waals surface area (Å²) in [6.45, 7) is 18.3. The Morgan fingerprint density at radius 3 is 2.37 bits per heavy atom. The van der Waals surface area contributed by atoms with E-state index in [1.165, 1.54) is 57.3 Å². The number of fused-ring (bicyclic) bond motifs is 3. The van der Waals surface area contributed by atoms with E-state index in [1.807, 2.05) is 6.20 Å². The highest BCUT2D eigenvalue weighted by Gasteiger charge is 2.32. The van der Waals surface area contributed by atoms with Gasteiger partial charge in [0.1, 0.15) is 17.3 Å². The van der Waals surface area contributed by atoms with Crippen LogP contribution >= 0.6 is 0 Å². The minimum absolute atomic E-state index is 0.0785. The van der Waals surface area contributed by atoms with Gasteiger partial charge < -0.3 is 4.74 Å². The molecule has 2 atom stereocenters. The van der Waals surface area contributed by atoms with Crippen LogP contribution in [0.2, 0.25) is 0 Å². The molecular formula is C46H54N4O. The maximum atomic E-state index is 6.87. The van der Waals surface area contributed by atoms with Gasteiger partial charge in [0.15, 0.2) is 0 Å². The summed E-state index contributed by atoms with van der Waals surface area (Å²) >= 11 is 0. The molecule has 1 aliphatic carbocycles. The molecule has 3 aromatic heterocycles. The molecule has 0 N–H and O–H groups in total. The van der Waals surface area contributed by atoms with Gasteiger partial charge in [-0.15, -0.1) is 0 Å². The van der Waals surface area contributed by atoms with Crippen LogP contribution in [-0.2, 0) is 24.7 Å². The van der Waals surface area contributed by atoms with E-state index in [9.17, 15) is 0 Å². The molecule has 264 valence electrons. The summed E-state index contributed by atoms with van der Waals surface area (Å²) in [5.74, 6) is 3.57. The van der Waals surface area contributed by atoms with Gasteiger partial charge in [0.25, 0.3) is 0 Å². The Bertz CT molecular complexity index is 2230. The van der Waals surface area contributed by atoms with Crippen molar-refractivity contribution in [1.82, 2.24) is 19.3 Å². The van der Waals surface area contributed by atoms with E-state index in [4.69, 9.17) is 14.8 Å². The highest BCUT2D eigenvalue weighted by atomic mass is 16.5. The zero-order valence-corrected chi connectivity index (χ0v) is 31.9. The smallest absolute Gasteiger partial charge is 0.137 e. The number of para-hydroxylation sites is 1. The Balaban J connectivity index is 1.37. The molecule has 51 heavy (non-hydrogen) atoms. The van der Waals surface area contributed by atoms with Crippen molar-refractivity contribution in [1.29, 1.82) is 0 Å². The van der Waals surface area contributed by atoms with Gasteiger partial charge in [-0.05, 0) is 104 Å².